The number of nitrogens with one attached hydrogen (secondary N) is 2. The van der Waals surface area contributed by atoms with Gasteiger partial charge in [0.15, 0.2) is 0 Å². The molecule has 2 N–H and O–H groups in total. The maximum Gasteiger partial charge on any atom is 0.149 e. The normalized spacial score (nSPS) is 9.55. The van der Waals surface area contributed by atoms with Gasteiger partial charge in [0.1, 0.15) is 11.3 Å². The van der Waals surface area contributed by atoms with E-state index in [1.807, 2.05) is 6.92 Å². The standard InChI is InChI=1S/C7H10N4/c1-2-6(8)11-4-3-10-5-7(11)9/h3-5,8-9H,2H2,1H3. The van der Waals surface area contributed by atoms with Crippen LogP contribution in [0.4, 0.5) is 0 Å². The van der Waals surface area contributed by atoms with Crippen molar-refractivity contribution in [1.29, 1.82) is 10.8 Å². The van der Waals surface area contributed by atoms with Crippen LogP contribution in [0.1, 0.15) is 13.3 Å². The van der Waals surface area contributed by atoms with Crippen molar-refractivity contribution in [2.45, 2.75) is 13.3 Å². The summed E-state index contributed by atoms with van der Waals surface area (Å²) < 4.78 is 1.49. The fourth-order valence-corrected chi connectivity index (χ4v) is 0.767. The number of aromatic nitrogens is 2. The molecule has 0 spiro atoms. The molecule has 0 saturated heterocycles. The van der Waals surface area contributed by atoms with Gasteiger partial charge in [-0.2, -0.15) is 0 Å². The van der Waals surface area contributed by atoms with Crippen molar-refractivity contribution in [3.05, 3.63) is 24.1 Å². The molecule has 4 nitrogen and oxygen atoms in total. The molecule has 1 heterocycles. The van der Waals surface area contributed by atoms with Crippen LogP contribution in [-0.2, 0) is 0 Å². The van der Waals surface area contributed by atoms with E-state index in [0.717, 1.165) is 0 Å². The Hall–Kier alpha value is -1.45. The van der Waals surface area contributed by atoms with E-state index in [1.165, 1.54) is 10.8 Å². The molecular formula is C7H10N4. The highest BCUT2D eigenvalue weighted by molar-refractivity contribution is 5.80. The van der Waals surface area contributed by atoms with Gasteiger partial charge in [0.05, 0.1) is 6.20 Å². The zero-order valence-corrected chi connectivity index (χ0v) is 6.33. The molecule has 0 bridgehead atoms. The van der Waals surface area contributed by atoms with Crippen LogP contribution in [0.25, 0.3) is 0 Å². The van der Waals surface area contributed by atoms with Gasteiger partial charge in [0.25, 0.3) is 0 Å². The average Bonchev–Trinajstić information content (AvgIpc) is 2.04. The molecule has 11 heavy (non-hydrogen) atoms. The maximum absolute atomic E-state index is 7.43. The number of rotatable bonds is 1. The van der Waals surface area contributed by atoms with Crippen molar-refractivity contribution in [3.63, 3.8) is 0 Å². The van der Waals surface area contributed by atoms with E-state index >= 15 is 0 Å². The van der Waals surface area contributed by atoms with Crippen LogP contribution < -0.4 is 5.49 Å². The van der Waals surface area contributed by atoms with Gasteiger partial charge in [0, 0.05) is 18.8 Å². The zero-order valence-electron chi connectivity index (χ0n) is 6.33. The van der Waals surface area contributed by atoms with Crippen LogP contribution in [0.2, 0.25) is 0 Å². The molecule has 0 amide bonds. The predicted molar refractivity (Wildman–Crippen MR) is 41.5 cm³/mol. The lowest BCUT2D eigenvalue weighted by atomic mass is 10.4. The summed E-state index contributed by atoms with van der Waals surface area (Å²) in [5.41, 5.74) is 0.249. The highest BCUT2D eigenvalue weighted by Crippen LogP contribution is 1.83. The van der Waals surface area contributed by atoms with E-state index in [9.17, 15) is 0 Å². The molecule has 0 saturated carbocycles. The van der Waals surface area contributed by atoms with Crippen LogP contribution in [0.15, 0.2) is 18.6 Å². The first kappa shape index (κ1) is 7.65. The second-order valence-electron chi connectivity index (χ2n) is 2.13. The molecule has 0 aromatic carbocycles. The molecule has 1 aromatic rings. The molecule has 1 aromatic heterocycles. The molecule has 0 unspecified atom stereocenters. The monoisotopic (exact) mass is 150 g/mol. The largest absolute Gasteiger partial charge is 0.288 e. The Bertz CT molecular complexity index is 312. The fraction of sp³-hybridized carbons (Fsp3) is 0.286. The van der Waals surface area contributed by atoms with Gasteiger partial charge < -0.3 is 0 Å². The fourth-order valence-electron chi connectivity index (χ4n) is 0.767. The van der Waals surface area contributed by atoms with Gasteiger partial charge in [-0.1, -0.05) is 6.92 Å². The minimum atomic E-state index is 0.249. The average molecular weight is 150 g/mol. The van der Waals surface area contributed by atoms with Gasteiger partial charge in [-0.05, 0) is 0 Å². The quantitative estimate of drug-likeness (QED) is 0.446. The lowest BCUT2D eigenvalue weighted by molar-refractivity contribution is 0.905. The Morgan fingerprint density at radius 3 is 3.00 bits per heavy atom. The second-order valence-corrected chi connectivity index (χ2v) is 2.13. The molecule has 0 aliphatic heterocycles. The van der Waals surface area contributed by atoms with Crippen molar-refractivity contribution in [2.24, 2.45) is 0 Å². The third kappa shape index (κ3) is 1.52. The van der Waals surface area contributed by atoms with Crippen LogP contribution in [-0.4, -0.2) is 15.4 Å². The van der Waals surface area contributed by atoms with Crippen LogP contribution in [0, 0.1) is 10.8 Å². The number of hydrogen-bond donors (Lipinski definition) is 2. The SMILES string of the molecule is CCC(=N)n1ccncc1=N. The lowest BCUT2D eigenvalue weighted by Crippen LogP contribution is -2.25. The van der Waals surface area contributed by atoms with E-state index in [4.69, 9.17) is 10.8 Å². The Kier molecular flexibility index (Phi) is 2.15. The Labute approximate surface area is 64.5 Å². The van der Waals surface area contributed by atoms with Crippen LogP contribution >= 0.6 is 0 Å². The highest BCUT2D eigenvalue weighted by atomic mass is 15.0. The first-order valence-corrected chi connectivity index (χ1v) is 3.40. The number of nitrogens with zero attached hydrogens (tertiary/aromatic N) is 2. The summed E-state index contributed by atoms with van der Waals surface area (Å²) in [5.74, 6) is 0.414. The Morgan fingerprint density at radius 2 is 2.45 bits per heavy atom. The smallest absolute Gasteiger partial charge is 0.149 e. The van der Waals surface area contributed by atoms with Gasteiger partial charge >= 0.3 is 0 Å². The van der Waals surface area contributed by atoms with E-state index in [-0.39, 0.29) is 5.49 Å². The van der Waals surface area contributed by atoms with E-state index in [0.29, 0.717) is 12.3 Å². The molecule has 4 heteroatoms. The minimum Gasteiger partial charge on any atom is -0.288 e. The Balaban J connectivity index is 3.14. The molecule has 0 radical (unpaired) electrons. The topological polar surface area (TPSA) is 65.5 Å². The summed E-state index contributed by atoms with van der Waals surface area (Å²) in [6, 6.07) is 0. The van der Waals surface area contributed by atoms with Crippen molar-refractivity contribution in [2.75, 3.05) is 0 Å². The van der Waals surface area contributed by atoms with Crippen LogP contribution in [0.3, 0.4) is 0 Å². The predicted octanol–water partition coefficient (Wildman–Crippen LogP) is 0.598. The summed E-state index contributed by atoms with van der Waals surface area (Å²) in [6.07, 6.45) is 5.24. The molecular weight excluding hydrogens is 140 g/mol. The third-order valence-electron chi connectivity index (χ3n) is 1.38. The third-order valence-corrected chi connectivity index (χ3v) is 1.38. The highest BCUT2D eigenvalue weighted by Gasteiger charge is 1.94. The van der Waals surface area contributed by atoms with Crippen molar-refractivity contribution < 1.29 is 0 Å². The second kappa shape index (κ2) is 3.09. The molecule has 0 aliphatic carbocycles. The van der Waals surface area contributed by atoms with Gasteiger partial charge in [-0.3, -0.25) is 20.4 Å². The van der Waals surface area contributed by atoms with Crippen LogP contribution in [0.5, 0.6) is 0 Å². The van der Waals surface area contributed by atoms with Gasteiger partial charge in [-0.15, -0.1) is 0 Å². The summed E-state index contributed by atoms with van der Waals surface area (Å²) >= 11 is 0. The lowest BCUT2D eigenvalue weighted by Gasteiger charge is -2.03. The maximum atomic E-state index is 7.43. The Morgan fingerprint density at radius 1 is 1.73 bits per heavy atom. The molecule has 0 fully saturated rings. The van der Waals surface area contributed by atoms with E-state index < -0.39 is 0 Å². The first-order chi connectivity index (χ1) is 5.25. The van der Waals surface area contributed by atoms with Gasteiger partial charge in [-0.25, -0.2) is 0 Å². The summed E-state index contributed by atoms with van der Waals surface area (Å²) in [4.78, 5) is 3.76. The van der Waals surface area contributed by atoms with E-state index in [2.05, 4.69) is 4.98 Å². The molecule has 0 atom stereocenters. The molecule has 58 valence electrons. The summed E-state index contributed by atoms with van der Waals surface area (Å²) in [7, 11) is 0. The minimum absolute atomic E-state index is 0.249. The van der Waals surface area contributed by atoms with E-state index in [1.54, 1.807) is 12.4 Å². The zero-order chi connectivity index (χ0) is 8.27. The first-order valence-electron chi connectivity index (χ1n) is 3.40. The number of hydrogen-bond acceptors (Lipinski definition) is 3. The van der Waals surface area contributed by atoms with Gasteiger partial charge in [0.2, 0.25) is 0 Å². The van der Waals surface area contributed by atoms with Crippen molar-refractivity contribution in [3.8, 4) is 0 Å². The molecule has 0 aliphatic rings. The van der Waals surface area contributed by atoms with Crippen molar-refractivity contribution in [1.82, 2.24) is 9.55 Å². The van der Waals surface area contributed by atoms with Crippen molar-refractivity contribution >= 4 is 5.84 Å². The summed E-state index contributed by atoms with van der Waals surface area (Å²) in [5, 5.41) is 14.8. The summed E-state index contributed by atoms with van der Waals surface area (Å²) in [6.45, 7) is 1.88. The molecule has 1 rings (SSSR count).